The first kappa shape index (κ1) is 13.0. The van der Waals surface area contributed by atoms with E-state index in [-0.39, 0.29) is 5.41 Å². The van der Waals surface area contributed by atoms with Gasteiger partial charge in [-0.3, -0.25) is 0 Å². The minimum absolute atomic E-state index is 0.311. The van der Waals surface area contributed by atoms with Crippen LogP contribution in [-0.2, 0) is 6.42 Å². The average Bonchev–Trinajstić information content (AvgIpc) is 2.29. The fourth-order valence-corrected chi connectivity index (χ4v) is 1.67. The summed E-state index contributed by atoms with van der Waals surface area (Å²) in [7, 11) is 1.65. The lowest BCUT2D eigenvalue weighted by molar-refractivity contribution is 0.0585. The Bertz CT molecular complexity index is 338. The van der Waals surface area contributed by atoms with E-state index in [1.165, 1.54) is 0 Å². The van der Waals surface area contributed by atoms with Crippen molar-refractivity contribution >= 4 is 0 Å². The van der Waals surface area contributed by atoms with E-state index in [1.807, 2.05) is 31.2 Å². The number of ether oxygens (including phenoxy) is 1. The van der Waals surface area contributed by atoms with Crippen molar-refractivity contribution in [2.24, 2.45) is 11.1 Å². The summed E-state index contributed by atoms with van der Waals surface area (Å²) in [6.07, 6.45) is 0.271. The van der Waals surface area contributed by atoms with Crippen LogP contribution in [0.3, 0.4) is 0 Å². The Morgan fingerprint density at radius 3 is 2.56 bits per heavy atom. The second-order valence-corrected chi connectivity index (χ2v) is 4.52. The van der Waals surface area contributed by atoms with Gasteiger partial charge in [0.15, 0.2) is 0 Å². The Morgan fingerprint density at radius 1 is 1.44 bits per heavy atom. The third-order valence-corrected chi connectivity index (χ3v) is 3.26. The van der Waals surface area contributed by atoms with E-state index >= 15 is 0 Å². The molecule has 2 atom stereocenters. The van der Waals surface area contributed by atoms with Crippen molar-refractivity contribution in [2.75, 3.05) is 13.7 Å². The Kier molecular flexibility index (Phi) is 4.33. The molecule has 0 aromatic heterocycles. The molecule has 0 saturated carbocycles. The van der Waals surface area contributed by atoms with Gasteiger partial charge in [0.05, 0.1) is 13.2 Å². The van der Waals surface area contributed by atoms with Gasteiger partial charge in [-0.1, -0.05) is 25.1 Å². The van der Waals surface area contributed by atoms with E-state index in [0.29, 0.717) is 13.0 Å². The summed E-state index contributed by atoms with van der Waals surface area (Å²) in [6, 6.07) is 7.84. The van der Waals surface area contributed by atoms with Gasteiger partial charge in [0.2, 0.25) is 0 Å². The van der Waals surface area contributed by atoms with Crippen LogP contribution in [-0.4, -0.2) is 24.9 Å². The van der Waals surface area contributed by atoms with E-state index < -0.39 is 6.10 Å². The smallest absolute Gasteiger partial charge is 0.122 e. The fourth-order valence-electron chi connectivity index (χ4n) is 1.67. The van der Waals surface area contributed by atoms with Gasteiger partial charge in [0.25, 0.3) is 0 Å². The van der Waals surface area contributed by atoms with Crippen LogP contribution in [0.4, 0.5) is 0 Å². The van der Waals surface area contributed by atoms with Gasteiger partial charge in [-0.25, -0.2) is 0 Å². The summed E-state index contributed by atoms with van der Waals surface area (Å²) in [5, 5.41) is 9.78. The monoisotopic (exact) mass is 223 g/mol. The van der Waals surface area contributed by atoms with Gasteiger partial charge in [0.1, 0.15) is 5.75 Å². The normalized spacial score (nSPS) is 16.6. The van der Waals surface area contributed by atoms with Crippen molar-refractivity contribution < 1.29 is 9.84 Å². The first-order valence-electron chi connectivity index (χ1n) is 5.53. The topological polar surface area (TPSA) is 55.5 Å². The second-order valence-electron chi connectivity index (χ2n) is 4.52. The molecule has 1 aromatic carbocycles. The number of hydrogen-bond donors (Lipinski definition) is 2. The van der Waals surface area contributed by atoms with Crippen molar-refractivity contribution in [3.8, 4) is 5.75 Å². The molecule has 90 valence electrons. The van der Waals surface area contributed by atoms with Crippen molar-refractivity contribution in [3.63, 3.8) is 0 Å². The number of nitrogens with two attached hydrogens (primary N) is 1. The molecule has 0 radical (unpaired) electrons. The van der Waals surface area contributed by atoms with Gasteiger partial charge in [-0.15, -0.1) is 0 Å². The third-order valence-electron chi connectivity index (χ3n) is 3.26. The van der Waals surface area contributed by atoms with Crippen molar-refractivity contribution in [1.29, 1.82) is 0 Å². The zero-order valence-electron chi connectivity index (χ0n) is 10.2. The molecule has 1 rings (SSSR count). The lowest BCUT2D eigenvalue weighted by Crippen LogP contribution is -2.39. The van der Waals surface area contributed by atoms with Crippen LogP contribution in [0.2, 0.25) is 0 Å². The summed E-state index contributed by atoms with van der Waals surface area (Å²) in [4.78, 5) is 0. The Labute approximate surface area is 97.2 Å². The molecule has 0 fully saturated rings. The highest BCUT2D eigenvalue weighted by Crippen LogP contribution is 2.29. The van der Waals surface area contributed by atoms with Crippen LogP contribution in [0.15, 0.2) is 24.3 Å². The zero-order valence-corrected chi connectivity index (χ0v) is 10.2. The molecule has 2 unspecified atom stereocenters. The Morgan fingerprint density at radius 2 is 2.06 bits per heavy atom. The number of hydrogen-bond acceptors (Lipinski definition) is 3. The molecule has 1 aromatic rings. The number of para-hydroxylation sites is 1. The average molecular weight is 223 g/mol. The maximum Gasteiger partial charge on any atom is 0.122 e. The highest BCUT2D eigenvalue weighted by Gasteiger charge is 2.29. The predicted molar refractivity (Wildman–Crippen MR) is 65.5 cm³/mol. The number of aliphatic hydroxyl groups is 1. The Balaban J connectivity index is 2.94. The Hall–Kier alpha value is -1.06. The van der Waals surface area contributed by atoms with E-state index in [4.69, 9.17) is 10.5 Å². The molecule has 0 bridgehead atoms. The molecule has 0 amide bonds. The van der Waals surface area contributed by atoms with Crippen LogP contribution in [0.25, 0.3) is 0 Å². The molecule has 0 aliphatic carbocycles. The van der Waals surface area contributed by atoms with Crippen molar-refractivity contribution in [1.82, 2.24) is 0 Å². The summed E-state index contributed by atoms with van der Waals surface area (Å²) >= 11 is 0. The first-order valence-corrected chi connectivity index (χ1v) is 5.53. The standard InChI is InChI=1S/C13H21NO2/c1-10(15)13(2,9-14)8-11-6-4-5-7-12(11)16-3/h4-7,10,15H,8-9,14H2,1-3H3. The van der Waals surface area contributed by atoms with Crippen molar-refractivity contribution in [2.45, 2.75) is 26.4 Å². The summed E-state index contributed by atoms with van der Waals surface area (Å²) < 4.78 is 5.29. The lowest BCUT2D eigenvalue weighted by atomic mass is 9.79. The number of rotatable bonds is 5. The van der Waals surface area contributed by atoms with Gasteiger partial charge < -0.3 is 15.6 Å². The first-order chi connectivity index (χ1) is 7.53. The summed E-state index contributed by atoms with van der Waals surface area (Å²) in [5.41, 5.74) is 6.52. The highest BCUT2D eigenvalue weighted by molar-refractivity contribution is 5.34. The van der Waals surface area contributed by atoms with Gasteiger partial charge in [0, 0.05) is 12.0 Å². The number of methoxy groups -OCH3 is 1. The molecular weight excluding hydrogens is 202 g/mol. The number of aliphatic hydroxyl groups excluding tert-OH is 1. The third kappa shape index (κ3) is 2.74. The largest absolute Gasteiger partial charge is 0.496 e. The maximum atomic E-state index is 9.78. The quantitative estimate of drug-likeness (QED) is 0.797. The molecule has 0 saturated heterocycles. The summed E-state index contributed by atoms with van der Waals surface area (Å²) in [5.74, 6) is 0.850. The minimum atomic E-state index is -0.442. The molecule has 16 heavy (non-hydrogen) atoms. The molecule has 3 heteroatoms. The van der Waals surface area contributed by atoms with Crippen LogP contribution in [0, 0.1) is 5.41 Å². The molecule has 0 spiro atoms. The van der Waals surface area contributed by atoms with Gasteiger partial charge in [-0.05, 0) is 25.0 Å². The SMILES string of the molecule is COc1ccccc1CC(C)(CN)C(C)O. The van der Waals surface area contributed by atoms with Crippen LogP contribution < -0.4 is 10.5 Å². The molecule has 0 aliphatic rings. The maximum absolute atomic E-state index is 9.78. The van der Waals surface area contributed by atoms with E-state index in [0.717, 1.165) is 11.3 Å². The van der Waals surface area contributed by atoms with E-state index in [9.17, 15) is 5.11 Å². The minimum Gasteiger partial charge on any atom is -0.496 e. The van der Waals surface area contributed by atoms with E-state index in [2.05, 4.69) is 0 Å². The lowest BCUT2D eigenvalue weighted by Gasteiger charge is -2.31. The molecule has 0 heterocycles. The van der Waals surface area contributed by atoms with Crippen LogP contribution in [0.1, 0.15) is 19.4 Å². The van der Waals surface area contributed by atoms with Crippen LogP contribution >= 0.6 is 0 Å². The number of benzene rings is 1. The predicted octanol–water partition coefficient (Wildman–Crippen LogP) is 1.58. The summed E-state index contributed by atoms with van der Waals surface area (Å²) in [6.45, 7) is 4.22. The highest BCUT2D eigenvalue weighted by atomic mass is 16.5. The molecule has 3 nitrogen and oxygen atoms in total. The second kappa shape index (κ2) is 5.32. The van der Waals surface area contributed by atoms with Gasteiger partial charge in [-0.2, -0.15) is 0 Å². The van der Waals surface area contributed by atoms with Crippen LogP contribution in [0.5, 0.6) is 5.75 Å². The molecule has 0 aliphatic heterocycles. The zero-order chi connectivity index (χ0) is 12.2. The molecular formula is C13H21NO2. The molecule has 3 N–H and O–H groups in total. The van der Waals surface area contributed by atoms with E-state index in [1.54, 1.807) is 14.0 Å². The van der Waals surface area contributed by atoms with Gasteiger partial charge >= 0.3 is 0 Å². The fraction of sp³-hybridized carbons (Fsp3) is 0.538. The van der Waals surface area contributed by atoms with Crippen molar-refractivity contribution in [3.05, 3.63) is 29.8 Å².